The first-order valence-corrected chi connectivity index (χ1v) is 14.7. The highest BCUT2D eigenvalue weighted by Crippen LogP contribution is 2.25. The first-order chi connectivity index (χ1) is 21.3. The minimum atomic E-state index is -1.40. The third-order valence-electron chi connectivity index (χ3n) is 7.25. The number of benzene rings is 2. The van der Waals surface area contributed by atoms with E-state index in [0.29, 0.717) is 0 Å². The maximum Gasteiger partial charge on any atom is 0.328 e. The summed E-state index contributed by atoms with van der Waals surface area (Å²) >= 11 is 0. The van der Waals surface area contributed by atoms with Gasteiger partial charge in [-0.25, -0.2) is 4.79 Å². The fourth-order valence-electron chi connectivity index (χ4n) is 5.01. The molecule has 2 amide bonds. The average molecular weight is 625 g/mol. The van der Waals surface area contributed by atoms with Gasteiger partial charge >= 0.3 is 5.97 Å². The van der Waals surface area contributed by atoms with Gasteiger partial charge in [0.05, 0.1) is 13.2 Å². The van der Waals surface area contributed by atoms with Gasteiger partial charge in [0.2, 0.25) is 5.91 Å². The number of rotatable bonds is 15. The molecule has 12 heteroatoms. The van der Waals surface area contributed by atoms with E-state index in [1.165, 1.54) is 21.1 Å². The van der Waals surface area contributed by atoms with Crippen LogP contribution in [0.5, 0.6) is 0 Å². The zero-order valence-corrected chi connectivity index (χ0v) is 26.6. The third-order valence-corrected chi connectivity index (χ3v) is 7.25. The standard InChI is InChI=1S/C33H44N4O8/c1-20(38)29(40)28(30(43-5)33(2,3)4)37-45-19-27(39)35-25(16-21-12-8-7-9-13-21)31(41)36-26(32(42)44-6)17-22-18-34-24-15-11-10-14-23(22)24/h7-15,18,20,25-26,29-30,34,38,40H,16-17,19H2,1-6H3,(H,35,39)(H,36,41)/b37-28+/t20-,25+,26+,29+,30-/m1/s1. The van der Waals surface area contributed by atoms with Crippen molar-refractivity contribution in [1.82, 2.24) is 15.6 Å². The van der Waals surface area contributed by atoms with E-state index in [1.807, 2.05) is 75.4 Å². The van der Waals surface area contributed by atoms with Gasteiger partial charge < -0.3 is 40.1 Å². The van der Waals surface area contributed by atoms with Crippen LogP contribution in [-0.4, -0.2) is 89.9 Å². The lowest BCUT2D eigenvalue weighted by Gasteiger charge is -2.32. The molecule has 45 heavy (non-hydrogen) atoms. The molecule has 0 aliphatic carbocycles. The van der Waals surface area contributed by atoms with Crippen LogP contribution < -0.4 is 10.6 Å². The maximum absolute atomic E-state index is 13.6. The zero-order valence-electron chi connectivity index (χ0n) is 26.6. The van der Waals surface area contributed by atoms with Crippen LogP contribution >= 0.6 is 0 Å². The molecule has 3 rings (SSSR count). The van der Waals surface area contributed by atoms with Gasteiger partial charge in [-0.15, -0.1) is 0 Å². The first kappa shape index (κ1) is 35.2. The van der Waals surface area contributed by atoms with Crippen LogP contribution in [0.4, 0.5) is 0 Å². The van der Waals surface area contributed by atoms with Crippen LogP contribution in [0.3, 0.4) is 0 Å². The Balaban J connectivity index is 1.78. The summed E-state index contributed by atoms with van der Waals surface area (Å²) in [4.78, 5) is 47.8. The van der Waals surface area contributed by atoms with Crippen molar-refractivity contribution >= 4 is 34.4 Å². The van der Waals surface area contributed by atoms with Gasteiger partial charge in [0.25, 0.3) is 5.91 Å². The van der Waals surface area contributed by atoms with Crippen LogP contribution in [0.2, 0.25) is 0 Å². The summed E-state index contributed by atoms with van der Waals surface area (Å²) in [5.74, 6) is -1.90. The molecule has 0 aliphatic heterocycles. The minimum absolute atomic E-state index is 0.0181. The molecule has 0 radical (unpaired) electrons. The van der Waals surface area contributed by atoms with E-state index in [4.69, 9.17) is 14.3 Å². The fraction of sp³-hybridized carbons (Fsp3) is 0.455. The molecular weight excluding hydrogens is 580 g/mol. The summed E-state index contributed by atoms with van der Waals surface area (Å²) in [6.07, 6.45) is -1.23. The Hall–Kier alpha value is -4.26. The maximum atomic E-state index is 13.6. The van der Waals surface area contributed by atoms with Crippen molar-refractivity contribution in [2.24, 2.45) is 10.6 Å². The molecule has 12 nitrogen and oxygen atoms in total. The van der Waals surface area contributed by atoms with Gasteiger partial charge in [0.15, 0.2) is 6.61 Å². The lowest BCUT2D eigenvalue weighted by Crippen LogP contribution is -2.53. The fourth-order valence-corrected chi connectivity index (χ4v) is 5.01. The number of ether oxygens (including phenoxy) is 2. The van der Waals surface area contributed by atoms with E-state index < -0.39 is 60.2 Å². The van der Waals surface area contributed by atoms with E-state index in [9.17, 15) is 24.6 Å². The molecule has 5 N–H and O–H groups in total. The lowest BCUT2D eigenvalue weighted by atomic mass is 9.83. The van der Waals surface area contributed by atoms with Gasteiger partial charge in [-0.3, -0.25) is 9.59 Å². The Bertz CT molecular complexity index is 1450. The van der Waals surface area contributed by atoms with Gasteiger partial charge in [0, 0.05) is 37.1 Å². The second-order valence-corrected chi connectivity index (χ2v) is 11.9. The number of fused-ring (bicyclic) bond motifs is 1. The van der Waals surface area contributed by atoms with Crippen LogP contribution in [0.15, 0.2) is 65.9 Å². The zero-order chi connectivity index (χ0) is 33.1. The number of hydrogen-bond acceptors (Lipinski definition) is 9. The molecule has 3 aromatic rings. The summed E-state index contributed by atoms with van der Waals surface area (Å²) in [5.41, 5.74) is 1.98. The number of hydrogen-bond donors (Lipinski definition) is 5. The van der Waals surface area contributed by atoms with Crippen molar-refractivity contribution in [2.45, 2.75) is 70.9 Å². The van der Waals surface area contributed by atoms with E-state index >= 15 is 0 Å². The largest absolute Gasteiger partial charge is 0.467 e. The lowest BCUT2D eigenvalue weighted by molar-refractivity contribution is -0.145. The number of oxime groups is 1. The van der Waals surface area contributed by atoms with Crippen molar-refractivity contribution in [3.8, 4) is 0 Å². The number of amides is 2. The molecule has 5 atom stereocenters. The summed E-state index contributed by atoms with van der Waals surface area (Å²) < 4.78 is 10.5. The molecule has 1 aromatic heterocycles. The Morgan fingerprint density at radius 2 is 1.60 bits per heavy atom. The molecule has 0 unspecified atom stereocenters. The number of methoxy groups -OCH3 is 2. The summed E-state index contributed by atoms with van der Waals surface area (Å²) in [6.45, 7) is 6.40. The Morgan fingerprint density at radius 3 is 2.22 bits per heavy atom. The van der Waals surface area contributed by atoms with E-state index in [0.717, 1.165) is 22.0 Å². The van der Waals surface area contributed by atoms with Crippen LogP contribution in [0.25, 0.3) is 10.9 Å². The van der Waals surface area contributed by atoms with Gasteiger partial charge in [-0.2, -0.15) is 0 Å². The van der Waals surface area contributed by atoms with E-state index in [2.05, 4.69) is 20.8 Å². The smallest absolute Gasteiger partial charge is 0.328 e. The van der Waals surface area contributed by atoms with Crippen molar-refractivity contribution in [2.75, 3.05) is 20.8 Å². The molecule has 0 saturated carbocycles. The number of para-hydroxylation sites is 1. The topological polar surface area (TPSA) is 172 Å². The molecule has 0 aliphatic rings. The number of carbonyl (C=O) groups excluding carboxylic acids is 3. The Morgan fingerprint density at radius 1 is 0.933 bits per heavy atom. The molecule has 1 heterocycles. The highest BCUT2D eigenvalue weighted by molar-refractivity contribution is 5.94. The highest BCUT2D eigenvalue weighted by Gasteiger charge is 2.36. The van der Waals surface area contributed by atoms with Gasteiger partial charge in [-0.05, 0) is 29.5 Å². The van der Waals surface area contributed by atoms with Crippen LogP contribution in [0, 0.1) is 5.41 Å². The van der Waals surface area contributed by atoms with Crippen molar-refractivity contribution < 1.29 is 38.9 Å². The number of esters is 1. The third kappa shape index (κ3) is 9.87. The van der Waals surface area contributed by atoms with Gasteiger partial charge in [0.1, 0.15) is 30.0 Å². The molecule has 244 valence electrons. The number of aliphatic hydroxyl groups is 2. The number of nitrogens with one attached hydrogen (secondary N) is 3. The van der Waals surface area contributed by atoms with E-state index in [-0.39, 0.29) is 18.6 Å². The summed E-state index contributed by atoms with van der Waals surface area (Å²) in [5, 5.41) is 30.8. The molecule has 0 fully saturated rings. The average Bonchev–Trinajstić information content (AvgIpc) is 3.41. The first-order valence-electron chi connectivity index (χ1n) is 14.7. The molecule has 0 bridgehead atoms. The van der Waals surface area contributed by atoms with E-state index in [1.54, 1.807) is 6.20 Å². The number of H-pyrrole nitrogens is 1. The normalized spacial score (nSPS) is 15.4. The number of nitrogens with zero attached hydrogens (tertiary/aromatic N) is 1. The second kappa shape index (κ2) is 16.2. The minimum Gasteiger partial charge on any atom is -0.467 e. The Labute approximate surface area is 263 Å². The quantitative estimate of drug-likeness (QED) is 0.0974. The summed E-state index contributed by atoms with van der Waals surface area (Å²) in [6, 6.07) is 14.6. The molecule has 2 aromatic carbocycles. The molecule has 0 saturated heterocycles. The highest BCUT2D eigenvalue weighted by atomic mass is 16.6. The predicted molar refractivity (Wildman–Crippen MR) is 169 cm³/mol. The predicted octanol–water partition coefficient (Wildman–Crippen LogP) is 2.27. The SMILES string of the molecule is COC(=O)[C@H](Cc1c[nH]c2ccccc12)NC(=O)[C@H](Cc1ccccc1)NC(=O)CO/N=C(\[C@@H](O)[C@@H](C)O)[C@@H](OC)C(C)(C)C. The second-order valence-electron chi connectivity index (χ2n) is 11.9. The van der Waals surface area contributed by atoms with Crippen molar-refractivity contribution in [1.29, 1.82) is 0 Å². The van der Waals surface area contributed by atoms with Gasteiger partial charge in [-0.1, -0.05) is 74.5 Å². The number of aromatic nitrogens is 1. The van der Waals surface area contributed by atoms with Crippen LogP contribution in [-0.2, 0) is 41.5 Å². The van der Waals surface area contributed by atoms with Crippen molar-refractivity contribution in [3.63, 3.8) is 0 Å². The van der Waals surface area contributed by atoms with Crippen molar-refractivity contribution in [3.05, 3.63) is 71.9 Å². The summed E-state index contributed by atoms with van der Waals surface area (Å²) in [7, 11) is 2.69. The number of carbonyl (C=O) groups is 3. The molecular formula is C33H44N4O8. The number of aliphatic hydroxyl groups excluding tert-OH is 2. The number of aromatic amines is 1. The Kier molecular flexibility index (Phi) is 12.7. The molecule has 0 spiro atoms. The monoisotopic (exact) mass is 624 g/mol. The van der Waals surface area contributed by atoms with Crippen LogP contribution in [0.1, 0.15) is 38.8 Å².